The first-order valence-corrected chi connectivity index (χ1v) is 16.7. The summed E-state index contributed by atoms with van der Waals surface area (Å²) in [7, 11) is 1.72. The summed E-state index contributed by atoms with van der Waals surface area (Å²) in [6, 6.07) is 6.58. The summed E-state index contributed by atoms with van der Waals surface area (Å²) in [5.74, 6) is -0.979. The fraction of sp³-hybridized carbons (Fsp3) is 0.324. The third-order valence-corrected chi connectivity index (χ3v) is 9.45. The summed E-state index contributed by atoms with van der Waals surface area (Å²) >= 11 is 6.47. The number of nitrogens with zero attached hydrogens (tertiary/aromatic N) is 10. The molecule has 1 amide bonds. The van der Waals surface area contributed by atoms with E-state index < -0.39 is 29.6 Å². The number of fused-ring (bicyclic) bond motifs is 6. The highest BCUT2D eigenvalue weighted by atomic mass is 35.5. The van der Waals surface area contributed by atoms with Crippen LogP contribution < -0.4 is 10.2 Å². The number of carbonyl (C=O) groups excluding carboxylic acids is 1. The predicted molar refractivity (Wildman–Crippen MR) is 183 cm³/mol. The van der Waals surface area contributed by atoms with Gasteiger partial charge in [-0.2, -0.15) is 15.1 Å². The van der Waals surface area contributed by atoms with Crippen molar-refractivity contribution in [1.29, 1.82) is 0 Å². The van der Waals surface area contributed by atoms with Crippen LogP contribution in [0.4, 0.5) is 24.9 Å². The van der Waals surface area contributed by atoms with Crippen LogP contribution in [0.1, 0.15) is 19.2 Å². The van der Waals surface area contributed by atoms with E-state index >= 15 is 0 Å². The standard InChI is InChI=1S/C34H31ClF3N11O2/c1-4-51-21-15-46(3)32(50)28-12-20(42-34-39-8-7-25(43-34)22-9-19(37)11-26-29(22)47(16-21)17(2)41-26)14-48(28)30-23-13-40-49(31(23)45-33(35)44-30)27-6-5-18(36)10-24(27)38/h5-11,13,20-21,28H,4,12,14-16H2,1-3H3,(H,39,42,43)/t20-,21-,28-/m0/s1. The van der Waals surface area contributed by atoms with Crippen molar-refractivity contribution in [1.82, 2.24) is 44.2 Å². The van der Waals surface area contributed by atoms with Crippen molar-refractivity contribution in [3.05, 3.63) is 77.4 Å². The molecule has 2 aliphatic heterocycles. The molecule has 1 N–H and O–H groups in total. The maximum absolute atomic E-state index is 15.0. The average Bonchev–Trinajstić information content (AvgIpc) is 3.79. The lowest BCUT2D eigenvalue weighted by Crippen LogP contribution is -2.47. The maximum atomic E-state index is 15.0. The van der Waals surface area contributed by atoms with Crippen molar-refractivity contribution >= 4 is 51.3 Å². The third kappa shape index (κ3) is 5.87. The van der Waals surface area contributed by atoms with Gasteiger partial charge in [0.2, 0.25) is 17.1 Å². The predicted octanol–water partition coefficient (Wildman–Crippen LogP) is 4.94. The van der Waals surface area contributed by atoms with Crippen LogP contribution >= 0.6 is 11.6 Å². The zero-order chi connectivity index (χ0) is 35.6. The molecule has 8 rings (SSSR count). The molecule has 1 fully saturated rings. The zero-order valence-electron chi connectivity index (χ0n) is 27.7. The number of aromatic nitrogens is 8. The number of nitrogens with one attached hydrogen (secondary N) is 1. The molecular formula is C34H31ClF3N11O2. The Labute approximate surface area is 294 Å². The summed E-state index contributed by atoms with van der Waals surface area (Å²) < 4.78 is 53.0. The number of anilines is 2. The Kier molecular flexibility index (Phi) is 8.21. The number of amides is 1. The molecule has 0 spiro atoms. The lowest BCUT2D eigenvalue weighted by atomic mass is 10.1. The molecule has 0 aliphatic carbocycles. The number of aryl methyl sites for hydroxylation is 1. The topological polar surface area (TPSA) is 132 Å². The fourth-order valence-electron chi connectivity index (χ4n) is 7.11. The van der Waals surface area contributed by atoms with E-state index in [1.54, 1.807) is 24.2 Å². The first kappa shape index (κ1) is 32.8. The van der Waals surface area contributed by atoms with E-state index in [4.69, 9.17) is 21.3 Å². The van der Waals surface area contributed by atoms with Crippen LogP contribution in [0.25, 0.3) is 39.0 Å². The monoisotopic (exact) mass is 717 g/mol. The molecule has 2 aromatic carbocycles. The summed E-state index contributed by atoms with van der Waals surface area (Å²) in [5.41, 5.74) is 2.36. The van der Waals surface area contributed by atoms with E-state index in [1.807, 2.05) is 23.3 Å². The van der Waals surface area contributed by atoms with E-state index in [0.717, 1.165) is 12.1 Å². The highest BCUT2D eigenvalue weighted by Crippen LogP contribution is 2.35. The van der Waals surface area contributed by atoms with Gasteiger partial charge in [0.1, 0.15) is 35.0 Å². The minimum absolute atomic E-state index is 0.0345. The van der Waals surface area contributed by atoms with Crippen molar-refractivity contribution < 1.29 is 22.7 Å². The third-order valence-electron chi connectivity index (χ3n) is 9.28. The molecule has 0 saturated carbocycles. The number of imidazole rings is 1. The van der Waals surface area contributed by atoms with Crippen LogP contribution in [0.5, 0.6) is 0 Å². The van der Waals surface area contributed by atoms with Gasteiger partial charge in [0.25, 0.3) is 0 Å². The molecule has 51 heavy (non-hydrogen) atoms. The first-order chi connectivity index (χ1) is 24.6. The molecule has 0 unspecified atom stereocenters. The molecule has 6 aromatic rings. The van der Waals surface area contributed by atoms with Crippen molar-refractivity contribution in [3.8, 4) is 16.9 Å². The summed E-state index contributed by atoms with van der Waals surface area (Å²) in [6.45, 7) is 4.96. The van der Waals surface area contributed by atoms with Crippen LogP contribution in [0.2, 0.25) is 5.28 Å². The van der Waals surface area contributed by atoms with E-state index in [0.29, 0.717) is 58.9 Å². The van der Waals surface area contributed by atoms with Gasteiger partial charge in [-0.25, -0.2) is 32.8 Å². The number of hydrogen-bond donors (Lipinski definition) is 1. The van der Waals surface area contributed by atoms with Crippen LogP contribution in [-0.2, 0) is 16.1 Å². The number of hydrogen-bond acceptors (Lipinski definition) is 10. The number of benzene rings is 2. The van der Waals surface area contributed by atoms with Crippen molar-refractivity contribution in [2.24, 2.45) is 0 Å². The molecule has 17 heteroatoms. The first-order valence-electron chi connectivity index (χ1n) is 16.3. The largest absolute Gasteiger partial charge is 0.375 e. The smallest absolute Gasteiger partial charge is 0.245 e. The minimum Gasteiger partial charge on any atom is -0.375 e. The molecule has 2 aliphatic rings. The highest BCUT2D eigenvalue weighted by Gasteiger charge is 2.41. The molecule has 3 atom stereocenters. The van der Waals surface area contributed by atoms with Crippen molar-refractivity contribution in [2.45, 2.75) is 45.0 Å². The van der Waals surface area contributed by atoms with Gasteiger partial charge >= 0.3 is 0 Å². The Morgan fingerprint density at radius 1 is 1.02 bits per heavy atom. The molecule has 262 valence electrons. The molecule has 1 saturated heterocycles. The second kappa shape index (κ2) is 12.8. The van der Waals surface area contributed by atoms with Crippen molar-refractivity contribution in [3.63, 3.8) is 0 Å². The Morgan fingerprint density at radius 2 is 1.86 bits per heavy atom. The fourth-order valence-corrected chi connectivity index (χ4v) is 7.27. The van der Waals surface area contributed by atoms with Gasteiger partial charge in [0, 0.05) is 56.7 Å². The van der Waals surface area contributed by atoms with E-state index in [2.05, 4.69) is 30.4 Å². The maximum Gasteiger partial charge on any atom is 0.245 e. The Morgan fingerprint density at radius 3 is 2.67 bits per heavy atom. The second-order valence-corrected chi connectivity index (χ2v) is 12.9. The SMILES string of the molecule is CCO[C@H]1CN(C)C(=O)[C@@H]2C[C@@H](CN2c2nc(Cl)nc3c2cnn3-c2ccc(F)cc2F)Nc2nccc(n2)-c2cc(F)cc3nc(C)n(c23)C1. The van der Waals surface area contributed by atoms with Gasteiger partial charge in [-0.1, -0.05) is 0 Å². The number of rotatable bonds is 4. The summed E-state index contributed by atoms with van der Waals surface area (Å²) in [6.07, 6.45) is 2.93. The van der Waals surface area contributed by atoms with Crippen LogP contribution in [0.3, 0.4) is 0 Å². The Bertz CT molecular complexity index is 2330. The Hall–Kier alpha value is -5.35. The van der Waals surface area contributed by atoms with Crippen molar-refractivity contribution in [2.75, 3.05) is 37.0 Å². The van der Waals surface area contributed by atoms with Crippen LogP contribution in [-0.4, -0.2) is 95.0 Å². The van der Waals surface area contributed by atoms with E-state index in [1.165, 1.54) is 29.1 Å². The lowest BCUT2D eigenvalue weighted by Gasteiger charge is -2.31. The van der Waals surface area contributed by atoms with Gasteiger partial charge in [0.15, 0.2) is 11.5 Å². The Balaban J connectivity index is 1.24. The van der Waals surface area contributed by atoms with E-state index in [-0.39, 0.29) is 47.6 Å². The molecule has 4 bridgehead atoms. The zero-order valence-corrected chi connectivity index (χ0v) is 28.4. The van der Waals surface area contributed by atoms with Gasteiger partial charge in [-0.05, 0) is 56.1 Å². The second-order valence-electron chi connectivity index (χ2n) is 12.6. The molecular weight excluding hydrogens is 687 g/mol. The highest BCUT2D eigenvalue weighted by molar-refractivity contribution is 6.28. The van der Waals surface area contributed by atoms with E-state index in [9.17, 15) is 18.0 Å². The molecule has 4 aromatic heterocycles. The summed E-state index contributed by atoms with van der Waals surface area (Å²) in [4.78, 5) is 40.6. The molecule has 0 radical (unpaired) electrons. The number of halogens is 4. The average molecular weight is 718 g/mol. The lowest BCUT2D eigenvalue weighted by molar-refractivity contribution is -0.133. The number of carbonyl (C=O) groups is 1. The number of ether oxygens (including phenoxy) is 1. The quantitative estimate of drug-likeness (QED) is 0.250. The van der Waals surface area contributed by atoms with Crippen LogP contribution in [0.15, 0.2) is 48.8 Å². The minimum atomic E-state index is -0.840. The van der Waals surface area contributed by atoms with Gasteiger partial charge in [-0.15, -0.1) is 0 Å². The van der Waals surface area contributed by atoms with Gasteiger partial charge in [0.05, 0.1) is 41.0 Å². The van der Waals surface area contributed by atoms with Gasteiger partial charge in [-0.3, -0.25) is 4.79 Å². The summed E-state index contributed by atoms with van der Waals surface area (Å²) in [5, 5.41) is 7.97. The molecule has 6 heterocycles. The molecule has 13 nitrogen and oxygen atoms in total. The van der Waals surface area contributed by atoms with Gasteiger partial charge < -0.3 is 24.4 Å². The number of likely N-dealkylation sites (N-methyl/N-ethyl adjacent to an activating group) is 1. The normalized spacial score (nSPS) is 19.4. The van der Waals surface area contributed by atoms with Crippen LogP contribution in [0, 0.1) is 24.4 Å².